The molecule has 1 aliphatic rings. The van der Waals surface area contributed by atoms with E-state index in [-0.39, 0.29) is 17.8 Å². The van der Waals surface area contributed by atoms with Gasteiger partial charge in [0.2, 0.25) is 0 Å². The first-order chi connectivity index (χ1) is 12.1. The largest absolute Gasteiger partial charge is 0.491 e. The number of amides is 1. The molecule has 0 radical (unpaired) electrons. The van der Waals surface area contributed by atoms with Crippen LogP contribution in [0.2, 0.25) is 0 Å². The van der Waals surface area contributed by atoms with Gasteiger partial charge in [-0.05, 0) is 56.2 Å². The van der Waals surface area contributed by atoms with Crippen molar-refractivity contribution in [2.24, 2.45) is 0 Å². The number of benzene rings is 2. The van der Waals surface area contributed by atoms with E-state index >= 15 is 0 Å². The van der Waals surface area contributed by atoms with Crippen LogP contribution in [-0.2, 0) is 4.74 Å². The molecule has 25 heavy (non-hydrogen) atoms. The van der Waals surface area contributed by atoms with Gasteiger partial charge in [-0.1, -0.05) is 12.1 Å². The summed E-state index contributed by atoms with van der Waals surface area (Å²) in [6.45, 7) is 2.83. The van der Waals surface area contributed by atoms with E-state index in [2.05, 4.69) is 5.32 Å². The summed E-state index contributed by atoms with van der Waals surface area (Å²) in [5, 5.41) is 2.80. The molecule has 5 heteroatoms. The Bertz CT molecular complexity index is 749. The molecule has 3 rings (SSSR count). The molecule has 1 fully saturated rings. The van der Waals surface area contributed by atoms with Crippen molar-refractivity contribution < 1.29 is 19.1 Å². The van der Waals surface area contributed by atoms with Crippen molar-refractivity contribution in [1.82, 2.24) is 0 Å². The Balaban J connectivity index is 1.58. The molecule has 1 atom stereocenters. The summed E-state index contributed by atoms with van der Waals surface area (Å²) in [4.78, 5) is 23.7. The number of anilines is 1. The van der Waals surface area contributed by atoms with Gasteiger partial charge < -0.3 is 14.8 Å². The lowest BCUT2D eigenvalue weighted by Crippen LogP contribution is -2.16. The van der Waals surface area contributed by atoms with Gasteiger partial charge >= 0.3 is 0 Å². The molecule has 1 unspecified atom stereocenters. The quantitative estimate of drug-likeness (QED) is 0.815. The van der Waals surface area contributed by atoms with Crippen molar-refractivity contribution in [2.75, 3.05) is 18.5 Å². The fourth-order valence-corrected chi connectivity index (χ4v) is 2.69. The molecule has 1 N–H and O–H groups in total. The second-order valence-corrected chi connectivity index (χ2v) is 6.06. The van der Waals surface area contributed by atoms with Crippen LogP contribution in [0, 0.1) is 0 Å². The van der Waals surface area contributed by atoms with Crippen LogP contribution in [0.3, 0.4) is 0 Å². The summed E-state index contributed by atoms with van der Waals surface area (Å²) < 4.78 is 11.2. The van der Waals surface area contributed by atoms with Gasteiger partial charge in [-0.2, -0.15) is 0 Å². The van der Waals surface area contributed by atoms with E-state index in [0.717, 1.165) is 19.4 Å². The van der Waals surface area contributed by atoms with Crippen LogP contribution >= 0.6 is 0 Å². The number of carbonyl (C=O) groups excluding carboxylic acids is 2. The van der Waals surface area contributed by atoms with Crippen molar-refractivity contribution in [3.63, 3.8) is 0 Å². The Labute approximate surface area is 147 Å². The van der Waals surface area contributed by atoms with Crippen molar-refractivity contribution in [2.45, 2.75) is 25.9 Å². The van der Waals surface area contributed by atoms with Crippen molar-refractivity contribution in [3.05, 3.63) is 59.7 Å². The summed E-state index contributed by atoms with van der Waals surface area (Å²) in [6.07, 6.45) is 2.27. The zero-order chi connectivity index (χ0) is 17.6. The molecular formula is C20H21NO4. The number of ketones is 1. The normalized spacial score (nSPS) is 16.4. The highest BCUT2D eigenvalue weighted by molar-refractivity contribution is 6.05. The number of Topliss-reactive ketones (excluding diaryl/α,β-unsaturated/α-hetero) is 1. The highest BCUT2D eigenvalue weighted by Crippen LogP contribution is 2.18. The van der Waals surface area contributed by atoms with E-state index in [1.165, 1.54) is 6.92 Å². The van der Waals surface area contributed by atoms with Gasteiger partial charge in [0.15, 0.2) is 5.78 Å². The number of nitrogens with one attached hydrogen (secondary N) is 1. The van der Waals surface area contributed by atoms with Crippen molar-refractivity contribution in [1.29, 1.82) is 0 Å². The second kappa shape index (κ2) is 7.94. The molecule has 0 spiro atoms. The summed E-state index contributed by atoms with van der Waals surface area (Å²) in [5.74, 6) is 0.445. The van der Waals surface area contributed by atoms with E-state index in [1.54, 1.807) is 48.5 Å². The van der Waals surface area contributed by atoms with Gasteiger partial charge in [0, 0.05) is 23.4 Å². The summed E-state index contributed by atoms with van der Waals surface area (Å²) in [6, 6.07) is 13.9. The van der Waals surface area contributed by atoms with Gasteiger partial charge in [0.05, 0.1) is 6.10 Å². The van der Waals surface area contributed by atoms with Crippen LogP contribution in [0.4, 0.5) is 5.69 Å². The lowest BCUT2D eigenvalue weighted by atomic mass is 10.1. The Kier molecular flexibility index (Phi) is 5.46. The number of carbonyl (C=O) groups is 2. The van der Waals surface area contributed by atoms with Crippen LogP contribution in [0.15, 0.2) is 48.5 Å². The third kappa shape index (κ3) is 4.67. The highest BCUT2D eigenvalue weighted by atomic mass is 16.5. The van der Waals surface area contributed by atoms with Gasteiger partial charge in [-0.25, -0.2) is 0 Å². The first kappa shape index (κ1) is 17.2. The molecule has 1 saturated heterocycles. The minimum absolute atomic E-state index is 0.0381. The monoisotopic (exact) mass is 339 g/mol. The number of rotatable bonds is 6. The van der Waals surface area contributed by atoms with Crippen LogP contribution in [0.5, 0.6) is 5.75 Å². The molecule has 0 aliphatic carbocycles. The van der Waals surface area contributed by atoms with Gasteiger partial charge in [-0.3, -0.25) is 9.59 Å². The highest BCUT2D eigenvalue weighted by Gasteiger charge is 2.16. The number of hydrogen-bond acceptors (Lipinski definition) is 4. The molecule has 2 aromatic rings. The predicted octanol–water partition coefficient (Wildman–Crippen LogP) is 3.70. The molecule has 2 aromatic carbocycles. The lowest BCUT2D eigenvalue weighted by molar-refractivity contribution is 0.0679. The Morgan fingerprint density at radius 2 is 1.96 bits per heavy atom. The second-order valence-electron chi connectivity index (χ2n) is 6.06. The van der Waals surface area contributed by atoms with E-state index in [9.17, 15) is 9.59 Å². The van der Waals surface area contributed by atoms with E-state index in [0.29, 0.717) is 29.2 Å². The third-order valence-corrected chi connectivity index (χ3v) is 4.10. The molecule has 1 heterocycles. The van der Waals surface area contributed by atoms with Crippen LogP contribution in [0.1, 0.15) is 40.5 Å². The summed E-state index contributed by atoms with van der Waals surface area (Å²) in [5.41, 5.74) is 1.68. The van der Waals surface area contributed by atoms with Crippen molar-refractivity contribution >= 4 is 17.4 Å². The predicted molar refractivity (Wildman–Crippen MR) is 95.3 cm³/mol. The van der Waals surface area contributed by atoms with Gasteiger partial charge in [0.1, 0.15) is 12.4 Å². The average Bonchev–Trinajstić information content (AvgIpc) is 3.14. The zero-order valence-corrected chi connectivity index (χ0v) is 14.2. The van der Waals surface area contributed by atoms with E-state index in [1.807, 2.05) is 0 Å². The molecule has 0 aromatic heterocycles. The van der Waals surface area contributed by atoms with Gasteiger partial charge in [-0.15, -0.1) is 0 Å². The minimum Gasteiger partial charge on any atom is -0.491 e. The first-order valence-electron chi connectivity index (χ1n) is 8.38. The molecule has 0 saturated carbocycles. The topological polar surface area (TPSA) is 64.6 Å². The van der Waals surface area contributed by atoms with E-state index < -0.39 is 0 Å². The Hall–Kier alpha value is -2.66. The third-order valence-electron chi connectivity index (χ3n) is 4.10. The molecule has 1 aliphatic heterocycles. The zero-order valence-electron chi connectivity index (χ0n) is 14.2. The molecular weight excluding hydrogens is 318 g/mol. The standard InChI is InChI=1S/C20H21NO4/c1-14(22)16-4-2-5-17(12-16)21-20(23)15-7-9-18(10-8-15)25-13-19-6-3-11-24-19/h2,4-5,7-10,12,19H,3,6,11,13H2,1H3,(H,21,23). The smallest absolute Gasteiger partial charge is 0.255 e. The van der Waals surface area contributed by atoms with Crippen LogP contribution < -0.4 is 10.1 Å². The molecule has 0 bridgehead atoms. The van der Waals surface area contributed by atoms with Gasteiger partial charge in [0.25, 0.3) is 5.91 Å². The molecule has 5 nitrogen and oxygen atoms in total. The maximum Gasteiger partial charge on any atom is 0.255 e. The summed E-state index contributed by atoms with van der Waals surface area (Å²) >= 11 is 0. The SMILES string of the molecule is CC(=O)c1cccc(NC(=O)c2ccc(OCC3CCCO3)cc2)c1. The maximum absolute atomic E-state index is 12.3. The maximum atomic E-state index is 12.3. The molecule has 130 valence electrons. The Morgan fingerprint density at radius 3 is 2.64 bits per heavy atom. The minimum atomic E-state index is -0.230. The molecule has 1 amide bonds. The van der Waals surface area contributed by atoms with Crippen LogP contribution in [-0.4, -0.2) is 31.0 Å². The average molecular weight is 339 g/mol. The Morgan fingerprint density at radius 1 is 1.16 bits per heavy atom. The summed E-state index contributed by atoms with van der Waals surface area (Å²) in [7, 11) is 0. The lowest BCUT2D eigenvalue weighted by Gasteiger charge is -2.12. The fourth-order valence-electron chi connectivity index (χ4n) is 2.69. The number of ether oxygens (including phenoxy) is 2. The first-order valence-corrected chi connectivity index (χ1v) is 8.38. The van der Waals surface area contributed by atoms with Crippen molar-refractivity contribution in [3.8, 4) is 5.75 Å². The fraction of sp³-hybridized carbons (Fsp3) is 0.300. The van der Waals surface area contributed by atoms with E-state index in [4.69, 9.17) is 9.47 Å². The van der Waals surface area contributed by atoms with Crippen LogP contribution in [0.25, 0.3) is 0 Å². The number of hydrogen-bond donors (Lipinski definition) is 1.